The van der Waals surface area contributed by atoms with Gasteiger partial charge in [-0.3, -0.25) is 0 Å². The minimum absolute atomic E-state index is 0.680. The van der Waals surface area contributed by atoms with Crippen molar-refractivity contribution in [3.8, 4) is 45.4 Å². The van der Waals surface area contributed by atoms with Crippen molar-refractivity contribution in [3.05, 3.63) is 164 Å². The summed E-state index contributed by atoms with van der Waals surface area (Å²) in [7, 11) is 0. The molecule has 9 aromatic rings. The Labute approximate surface area is 282 Å². The zero-order valence-corrected chi connectivity index (χ0v) is 26.2. The first-order chi connectivity index (χ1) is 24.3. The van der Waals surface area contributed by atoms with Crippen molar-refractivity contribution >= 4 is 49.8 Å². The summed E-state index contributed by atoms with van der Waals surface area (Å²) in [6, 6.07) is 55.9. The van der Waals surface area contributed by atoms with Crippen LogP contribution in [0.5, 0.6) is 11.5 Å². The molecule has 230 valence electrons. The van der Waals surface area contributed by atoms with Crippen LogP contribution in [0.2, 0.25) is 0 Å². The van der Waals surface area contributed by atoms with Crippen LogP contribution in [-0.4, -0.2) is 9.97 Å². The number of hydrogen-bond acceptors (Lipinski definition) is 5. The highest BCUT2D eigenvalue weighted by Crippen LogP contribution is 2.57. The first kappa shape index (κ1) is 27.4. The van der Waals surface area contributed by atoms with E-state index in [1.54, 1.807) is 0 Å². The monoisotopic (exact) mass is 629 g/mol. The number of benzene rings is 7. The molecule has 0 fully saturated rings. The predicted octanol–water partition coefficient (Wildman–Crippen LogP) is 12.1. The predicted molar refractivity (Wildman–Crippen MR) is 198 cm³/mol. The smallest absolute Gasteiger partial charge is 0.163 e. The summed E-state index contributed by atoms with van der Waals surface area (Å²) < 4.78 is 13.5. The second kappa shape index (κ2) is 10.9. The zero-order chi connectivity index (χ0) is 32.3. The van der Waals surface area contributed by atoms with Gasteiger partial charge >= 0.3 is 0 Å². The lowest BCUT2D eigenvalue weighted by atomic mass is 9.99. The van der Waals surface area contributed by atoms with Gasteiger partial charge in [0.15, 0.2) is 22.9 Å². The highest BCUT2D eigenvalue weighted by Gasteiger charge is 2.32. The van der Waals surface area contributed by atoms with E-state index in [4.69, 9.17) is 19.1 Å². The third-order valence-electron chi connectivity index (χ3n) is 9.24. The van der Waals surface area contributed by atoms with Crippen LogP contribution >= 0.6 is 0 Å². The summed E-state index contributed by atoms with van der Waals surface area (Å²) in [5.74, 6) is 2.23. The molecule has 5 heteroatoms. The van der Waals surface area contributed by atoms with Gasteiger partial charge in [0, 0.05) is 38.5 Å². The Balaban J connectivity index is 1.23. The van der Waals surface area contributed by atoms with Crippen LogP contribution < -0.4 is 9.64 Å². The van der Waals surface area contributed by atoms with Gasteiger partial charge in [-0.05, 0) is 41.8 Å². The van der Waals surface area contributed by atoms with Crippen LogP contribution in [0.25, 0.3) is 66.6 Å². The SMILES string of the molecule is c1ccc(-c2cc(-c3cccc(N4c5ccccc5Oc5c4c4oc6ccccc6c4c4ccccc54)c3)nc(-c3ccccc3)n2)cc1. The molecular formula is C44H27N3O2. The highest BCUT2D eigenvalue weighted by molar-refractivity contribution is 6.25. The quantitative estimate of drug-likeness (QED) is 0.194. The molecule has 0 aliphatic carbocycles. The molecule has 3 heterocycles. The van der Waals surface area contributed by atoms with Gasteiger partial charge in [0.05, 0.1) is 17.1 Å². The molecule has 0 saturated heterocycles. The van der Waals surface area contributed by atoms with Crippen molar-refractivity contribution in [2.75, 3.05) is 4.90 Å². The average molecular weight is 630 g/mol. The molecule has 0 atom stereocenters. The Morgan fingerprint density at radius 1 is 0.490 bits per heavy atom. The van der Waals surface area contributed by atoms with Gasteiger partial charge in [-0.2, -0.15) is 0 Å². The minimum Gasteiger partial charge on any atom is -0.454 e. The van der Waals surface area contributed by atoms with Gasteiger partial charge in [-0.15, -0.1) is 0 Å². The second-order valence-corrected chi connectivity index (χ2v) is 12.2. The fourth-order valence-electron chi connectivity index (χ4n) is 7.02. The highest BCUT2D eigenvalue weighted by atomic mass is 16.5. The molecular weight excluding hydrogens is 603 g/mol. The fourth-order valence-corrected chi connectivity index (χ4v) is 7.02. The minimum atomic E-state index is 0.680. The van der Waals surface area contributed by atoms with Crippen molar-refractivity contribution in [2.45, 2.75) is 0 Å². The van der Waals surface area contributed by atoms with Crippen molar-refractivity contribution in [1.82, 2.24) is 9.97 Å². The van der Waals surface area contributed by atoms with Crippen LogP contribution in [0.3, 0.4) is 0 Å². The van der Waals surface area contributed by atoms with E-state index in [-0.39, 0.29) is 0 Å². The number of fused-ring (bicyclic) bond motifs is 9. The van der Waals surface area contributed by atoms with Crippen LogP contribution in [0.1, 0.15) is 0 Å². The first-order valence-electron chi connectivity index (χ1n) is 16.3. The van der Waals surface area contributed by atoms with Crippen molar-refractivity contribution in [3.63, 3.8) is 0 Å². The summed E-state index contributed by atoms with van der Waals surface area (Å²) in [5.41, 5.74) is 9.08. The number of para-hydroxylation sites is 3. The van der Waals surface area contributed by atoms with E-state index in [9.17, 15) is 0 Å². The van der Waals surface area contributed by atoms with Gasteiger partial charge in [-0.25, -0.2) is 9.97 Å². The molecule has 0 radical (unpaired) electrons. The van der Waals surface area contributed by atoms with E-state index in [1.165, 1.54) is 0 Å². The molecule has 2 aromatic heterocycles. The largest absolute Gasteiger partial charge is 0.454 e. The summed E-state index contributed by atoms with van der Waals surface area (Å²) >= 11 is 0. The van der Waals surface area contributed by atoms with E-state index in [2.05, 4.69) is 102 Å². The maximum atomic E-state index is 6.77. The Kier molecular flexibility index (Phi) is 6.11. The average Bonchev–Trinajstić information content (AvgIpc) is 3.58. The normalized spacial score (nSPS) is 12.2. The van der Waals surface area contributed by atoms with Crippen molar-refractivity contribution < 1.29 is 9.15 Å². The molecule has 0 saturated carbocycles. The molecule has 1 aliphatic rings. The van der Waals surface area contributed by atoms with Crippen LogP contribution in [-0.2, 0) is 0 Å². The summed E-state index contributed by atoms with van der Waals surface area (Å²) in [4.78, 5) is 12.4. The lowest BCUT2D eigenvalue weighted by molar-refractivity contribution is 0.482. The maximum Gasteiger partial charge on any atom is 0.163 e. The van der Waals surface area contributed by atoms with Gasteiger partial charge < -0.3 is 14.1 Å². The van der Waals surface area contributed by atoms with E-state index >= 15 is 0 Å². The molecule has 49 heavy (non-hydrogen) atoms. The number of anilines is 3. The summed E-state index contributed by atoms with van der Waals surface area (Å²) in [5, 5.41) is 4.27. The zero-order valence-electron chi connectivity index (χ0n) is 26.2. The van der Waals surface area contributed by atoms with Crippen LogP contribution in [0.15, 0.2) is 168 Å². The topological polar surface area (TPSA) is 51.4 Å². The standard InChI is InChI=1S/C44H27N3O2/c1-3-14-28(15-4-1)35-27-36(46-44(45-35)29-16-5-2-6-17-29)30-18-13-19-31(26-30)47-37-23-10-12-25-39(37)49-42-33-21-8-7-20-32(33)40-34-22-9-11-24-38(34)48-43(40)41(42)47/h1-27H. The Hall–Kier alpha value is -6.72. The summed E-state index contributed by atoms with van der Waals surface area (Å²) in [6.07, 6.45) is 0. The van der Waals surface area contributed by atoms with E-state index in [1.807, 2.05) is 66.7 Å². The molecule has 5 nitrogen and oxygen atoms in total. The Morgan fingerprint density at radius 2 is 1.12 bits per heavy atom. The molecule has 0 amide bonds. The number of furan rings is 1. The number of aromatic nitrogens is 2. The lowest BCUT2D eigenvalue weighted by Gasteiger charge is -2.33. The second-order valence-electron chi connectivity index (χ2n) is 12.2. The number of rotatable bonds is 4. The van der Waals surface area contributed by atoms with E-state index in [0.717, 1.165) is 89.4 Å². The third kappa shape index (κ3) is 4.40. The van der Waals surface area contributed by atoms with Gasteiger partial charge in [0.25, 0.3) is 0 Å². The van der Waals surface area contributed by atoms with Gasteiger partial charge in [-0.1, -0.05) is 127 Å². The van der Waals surface area contributed by atoms with E-state index in [0.29, 0.717) is 5.82 Å². The molecule has 0 spiro atoms. The Morgan fingerprint density at radius 3 is 1.94 bits per heavy atom. The summed E-state index contributed by atoms with van der Waals surface area (Å²) in [6.45, 7) is 0. The molecule has 0 bridgehead atoms. The van der Waals surface area contributed by atoms with Crippen LogP contribution in [0, 0.1) is 0 Å². The molecule has 7 aromatic carbocycles. The third-order valence-corrected chi connectivity index (χ3v) is 9.24. The molecule has 1 aliphatic heterocycles. The number of ether oxygens (including phenoxy) is 1. The number of nitrogens with zero attached hydrogens (tertiary/aromatic N) is 3. The van der Waals surface area contributed by atoms with Crippen molar-refractivity contribution in [1.29, 1.82) is 0 Å². The first-order valence-corrected chi connectivity index (χ1v) is 16.3. The fraction of sp³-hybridized carbons (Fsp3) is 0. The molecule has 0 N–H and O–H groups in total. The van der Waals surface area contributed by atoms with Gasteiger partial charge in [0.1, 0.15) is 11.3 Å². The van der Waals surface area contributed by atoms with Crippen molar-refractivity contribution in [2.24, 2.45) is 0 Å². The number of hydrogen-bond donors (Lipinski definition) is 0. The molecule has 10 rings (SSSR count). The van der Waals surface area contributed by atoms with E-state index < -0.39 is 0 Å². The Bertz CT molecular complexity index is 2640. The maximum absolute atomic E-state index is 6.77. The van der Waals surface area contributed by atoms with Gasteiger partial charge in [0.2, 0.25) is 0 Å². The van der Waals surface area contributed by atoms with Crippen LogP contribution in [0.4, 0.5) is 17.1 Å². The lowest BCUT2D eigenvalue weighted by Crippen LogP contribution is -2.16. The molecule has 0 unspecified atom stereocenters.